The molecule has 1 unspecified atom stereocenters. The van der Waals surface area contributed by atoms with E-state index in [4.69, 9.17) is 4.74 Å². The number of likely N-dealkylation sites (tertiary alicyclic amines) is 1. The maximum Gasteiger partial charge on any atom is 0.325 e. The summed E-state index contributed by atoms with van der Waals surface area (Å²) >= 11 is 0. The summed E-state index contributed by atoms with van der Waals surface area (Å²) in [7, 11) is 0. The van der Waals surface area contributed by atoms with E-state index >= 15 is 0 Å². The van der Waals surface area contributed by atoms with Gasteiger partial charge in [0.1, 0.15) is 23.7 Å². The predicted octanol–water partition coefficient (Wildman–Crippen LogP) is 2.50. The first-order valence-electron chi connectivity index (χ1n) is 7.42. The van der Waals surface area contributed by atoms with Crippen LogP contribution < -0.4 is 4.74 Å². The van der Waals surface area contributed by atoms with Crippen LogP contribution in [-0.4, -0.2) is 40.2 Å². The molecule has 1 saturated heterocycles. The number of aliphatic carboxylic acids is 1. The molecule has 0 aliphatic carbocycles. The highest BCUT2D eigenvalue weighted by Crippen LogP contribution is 2.27. The van der Waals surface area contributed by atoms with Gasteiger partial charge in [0.2, 0.25) is 0 Å². The molecule has 1 N–H and O–H groups in total. The van der Waals surface area contributed by atoms with E-state index in [-0.39, 0.29) is 11.9 Å². The number of carboxylic acid groups (broad SMARTS) is 1. The van der Waals surface area contributed by atoms with E-state index in [9.17, 15) is 14.3 Å². The van der Waals surface area contributed by atoms with Crippen LogP contribution in [0.5, 0.6) is 5.75 Å². The molecule has 1 aromatic heterocycles. The number of hydrogen-bond donors (Lipinski definition) is 1. The normalized spacial score (nSPS) is 19.4. The van der Waals surface area contributed by atoms with Gasteiger partial charge >= 0.3 is 5.97 Å². The van der Waals surface area contributed by atoms with Crippen LogP contribution in [0.25, 0.3) is 0 Å². The highest BCUT2D eigenvalue weighted by atomic mass is 19.1. The molecular weight excluding hydrogens is 299 g/mol. The number of benzene rings is 1. The number of carbonyl (C=O) groups is 1. The summed E-state index contributed by atoms with van der Waals surface area (Å²) in [4.78, 5) is 17.5. The van der Waals surface area contributed by atoms with Gasteiger partial charge in [-0.25, -0.2) is 4.39 Å². The Balaban J connectivity index is 1.68. The molecule has 23 heavy (non-hydrogen) atoms. The van der Waals surface area contributed by atoms with Gasteiger partial charge in [-0.3, -0.25) is 14.7 Å². The van der Waals surface area contributed by atoms with E-state index in [1.165, 1.54) is 12.1 Å². The number of rotatable bonds is 5. The van der Waals surface area contributed by atoms with Crippen molar-refractivity contribution >= 4 is 5.97 Å². The number of hydrogen-bond acceptors (Lipinski definition) is 4. The molecule has 6 heteroatoms. The molecule has 1 aromatic carbocycles. The Bertz CT molecular complexity index is 663. The molecule has 0 saturated carbocycles. The largest absolute Gasteiger partial charge is 0.489 e. The molecule has 0 radical (unpaired) electrons. The third-order valence-electron chi connectivity index (χ3n) is 3.89. The summed E-state index contributed by atoms with van der Waals surface area (Å²) < 4.78 is 18.7. The molecule has 0 bridgehead atoms. The van der Waals surface area contributed by atoms with E-state index in [0.29, 0.717) is 24.4 Å². The third-order valence-corrected chi connectivity index (χ3v) is 3.89. The van der Waals surface area contributed by atoms with E-state index in [1.54, 1.807) is 36.7 Å². The van der Waals surface area contributed by atoms with Gasteiger partial charge in [0, 0.05) is 25.5 Å². The maximum absolute atomic E-state index is 12.9. The van der Waals surface area contributed by atoms with Crippen LogP contribution in [0.1, 0.15) is 18.0 Å². The third kappa shape index (κ3) is 3.65. The SMILES string of the molecule is O=C(O)C(c1cccnc1)N1CC[C@H](Oc2ccc(F)cc2)C1. The molecule has 5 nitrogen and oxygen atoms in total. The van der Waals surface area contributed by atoms with Crippen molar-refractivity contribution in [3.63, 3.8) is 0 Å². The summed E-state index contributed by atoms with van der Waals surface area (Å²) in [6.45, 7) is 1.13. The summed E-state index contributed by atoms with van der Waals surface area (Å²) in [5.41, 5.74) is 0.655. The summed E-state index contributed by atoms with van der Waals surface area (Å²) in [5.74, 6) is -0.625. The van der Waals surface area contributed by atoms with Gasteiger partial charge < -0.3 is 9.84 Å². The van der Waals surface area contributed by atoms with Crippen molar-refractivity contribution in [3.05, 3.63) is 60.2 Å². The van der Waals surface area contributed by atoms with E-state index < -0.39 is 12.0 Å². The molecule has 2 aromatic rings. The number of aromatic nitrogens is 1. The predicted molar refractivity (Wildman–Crippen MR) is 81.6 cm³/mol. The maximum atomic E-state index is 12.9. The standard InChI is InChI=1S/C17H17FN2O3/c18-13-3-5-14(6-4-13)23-15-7-9-20(11-15)16(17(21)22)12-2-1-8-19-10-12/h1-6,8,10,15-16H,7,9,11H2,(H,21,22)/t15-,16?/m0/s1. The lowest BCUT2D eigenvalue weighted by atomic mass is 10.1. The van der Waals surface area contributed by atoms with Gasteiger partial charge in [-0.1, -0.05) is 6.07 Å². The smallest absolute Gasteiger partial charge is 0.325 e. The zero-order valence-electron chi connectivity index (χ0n) is 12.4. The van der Waals surface area contributed by atoms with E-state index in [0.717, 1.165) is 6.42 Å². The van der Waals surface area contributed by atoms with E-state index in [1.807, 2.05) is 4.90 Å². The quantitative estimate of drug-likeness (QED) is 0.918. The number of carboxylic acids is 1. The van der Waals surface area contributed by atoms with Gasteiger partial charge in [0.05, 0.1) is 0 Å². The minimum absolute atomic E-state index is 0.112. The Kier molecular flexibility index (Phi) is 4.52. The fraction of sp³-hybridized carbons (Fsp3) is 0.294. The highest BCUT2D eigenvalue weighted by Gasteiger charge is 2.34. The van der Waals surface area contributed by atoms with Crippen molar-refractivity contribution in [2.45, 2.75) is 18.6 Å². The second-order valence-electron chi connectivity index (χ2n) is 5.50. The Hall–Kier alpha value is -2.47. The topological polar surface area (TPSA) is 62.7 Å². The molecule has 1 aliphatic heterocycles. The van der Waals surface area contributed by atoms with Crippen molar-refractivity contribution in [1.29, 1.82) is 0 Å². The lowest BCUT2D eigenvalue weighted by Crippen LogP contribution is -2.34. The van der Waals surface area contributed by atoms with Gasteiger partial charge in [-0.05, 0) is 42.3 Å². The molecule has 120 valence electrons. The average Bonchev–Trinajstić information content (AvgIpc) is 2.98. The first-order valence-corrected chi connectivity index (χ1v) is 7.42. The van der Waals surface area contributed by atoms with Crippen molar-refractivity contribution in [2.75, 3.05) is 13.1 Å². The van der Waals surface area contributed by atoms with Crippen LogP contribution in [0.3, 0.4) is 0 Å². The number of pyridine rings is 1. The summed E-state index contributed by atoms with van der Waals surface area (Å²) in [5, 5.41) is 9.54. The van der Waals surface area contributed by atoms with Crippen LogP contribution in [0, 0.1) is 5.82 Å². The van der Waals surface area contributed by atoms with Crippen molar-refractivity contribution in [1.82, 2.24) is 9.88 Å². The van der Waals surface area contributed by atoms with Gasteiger partial charge in [-0.15, -0.1) is 0 Å². The van der Waals surface area contributed by atoms with Gasteiger partial charge in [0.15, 0.2) is 0 Å². The fourth-order valence-corrected chi connectivity index (χ4v) is 2.84. The molecule has 0 spiro atoms. The summed E-state index contributed by atoms with van der Waals surface area (Å²) in [6.07, 6.45) is 3.81. The Morgan fingerprint density at radius 3 is 2.78 bits per heavy atom. The minimum atomic E-state index is -0.902. The van der Waals surface area contributed by atoms with Crippen molar-refractivity contribution < 1.29 is 19.0 Å². The Morgan fingerprint density at radius 2 is 2.13 bits per heavy atom. The first-order chi connectivity index (χ1) is 11.1. The molecular formula is C17H17FN2O3. The van der Waals surface area contributed by atoms with Crippen LogP contribution in [0.4, 0.5) is 4.39 Å². The second-order valence-corrected chi connectivity index (χ2v) is 5.50. The van der Waals surface area contributed by atoms with Crippen LogP contribution in [0.2, 0.25) is 0 Å². The lowest BCUT2D eigenvalue weighted by Gasteiger charge is -2.24. The highest BCUT2D eigenvalue weighted by molar-refractivity contribution is 5.75. The zero-order chi connectivity index (χ0) is 16.2. The summed E-state index contributed by atoms with van der Waals surface area (Å²) in [6, 6.07) is 8.61. The van der Waals surface area contributed by atoms with Gasteiger partial charge in [0.25, 0.3) is 0 Å². The number of ether oxygens (including phenoxy) is 1. The second kappa shape index (κ2) is 6.75. The minimum Gasteiger partial charge on any atom is -0.489 e. The molecule has 2 heterocycles. The molecule has 1 fully saturated rings. The number of halogens is 1. The molecule has 1 aliphatic rings. The lowest BCUT2D eigenvalue weighted by molar-refractivity contribution is -0.143. The first kappa shape index (κ1) is 15.4. The van der Waals surface area contributed by atoms with Crippen molar-refractivity contribution in [3.8, 4) is 5.75 Å². The van der Waals surface area contributed by atoms with Crippen molar-refractivity contribution in [2.24, 2.45) is 0 Å². The average molecular weight is 316 g/mol. The number of nitrogens with zero attached hydrogens (tertiary/aromatic N) is 2. The van der Waals surface area contributed by atoms with E-state index in [2.05, 4.69) is 4.98 Å². The Morgan fingerprint density at radius 1 is 1.35 bits per heavy atom. The van der Waals surface area contributed by atoms with Gasteiger partial charge in [-0.2, -0.15) is 0 Å². The zero-order valence-corrected chi connectivity index (χ0v) is 12.4. The van der Waals surface area contributed by atoms with Crippen LogP contribution in [-0.2, 0) is 4.79 Å². The molecule has 2 atom stereocenters. The fourth-order valence-electron chi connectivity index (χ4n) is 2.84. The van der Waals surface area contributed by atoms with Crippen LogP contribution >= 0.6 is 0 Å². The van der Waals surface area contributed by atoms with Crippen LogP contribution in [0.15, 0.2) is 48.8 Å². The Labute approximate surface area is 133 Å². The monoisotopic (exact) mass is 316 g/mol. The molecule has 0 amide bonds. The molecule has 3 rings (SSSR count).